The Hall–Kier alpha value is -2.41. The summed E-state index contributed by atoms with van der Waals surface area (Å²) in [6.07, 6.45) is 2.53. The van der Waals surface area contributed by atoms with E-state index in [4.69, 9.17) is 0 Å². The number of hydrogen-bond acceptors (Lipinski definition) is 4. The number of amides is 3. The molecule has 7 heteroatoms. The molecule has 2 aliphatic rings. The third-order valence-corrected chi connectivity index (χ3v) is 5.25. The molecule has 1 aliphatic carbocycles. The standard InChI is InChI=1S/C20H28N4O3/c1-14-11-17(14)20(27)21-12-18(25)22-16-7-9-24(10-8-16)13-19(26)23-15-5-3-2-4-6-15/h2-6,14,16-17H,7-13H2,1H3,(H,21,27)(H,22,25)(H,23,26)/t14-,17-/m0/s1. The van der Waals surface area contributed by atoms with Crippen LogP contribution in [0.25, 0.3) is 0 Å². The van der Waals surface area contributed by atoms with E-state index in [0.29, 0.717) is 12.5 Å². The van der Waals surface area contributed by atoms with Crippen LogP contribution in [-0.2, 0) is 14.4 Å². The molecule has 1 saturated heterocycles. The third-order valence-electron chi connectivity index (χ3n) is 5.25. The van der Waals surface area contributed by atoms with E-state index in [1.807, 2.05) is 37.3 Å². The zero-order valence-electron chi connectivity index (χ0n) is 15.7. The molecule has 0 aromatic heterocycles. The summed E-state index contributed by atoms with van der Waals surface area (Å²) in [5.41, 5.74) is 0.798. The maximum absolute atomic E-state index is 12.1. The Kier molecular flexibility index (Phi) is 6.45. The van der Waals surface area contributed by atoms with Crippen molar-refractivity contribution in [2.45, 2.75) is 32.2 Å². The van der Waals surface area contributed by atoms with Crippen LogP contribution < -0.4 is 16.0 Å². The molecule has 2 atom stereocenters. The zero-order valence-corrected chi connectivity index (χ0v) is 15.7. The number of para-hydroxylation sites is 1. The quantitative estimate of drug-likeness (QED) is 0.665. The van der Waals surface area contributed by atoms with Crippen molar-refractivity contribution < 1.29 is 14.4 Å². The van der Waals surface area contributed by atoms with Crippen molar-refractivity contribution in [2.75, 3.05) is 31.5 Å². The number of carbonyl (C=O) groups excluding carboxylic acids is 3. The first-order valence-electron chi connectivity index (χ1n) is 9.65. The van der Waals surface area contributed by atoms with E-state index in [2.05, 4.69) is 20.9 Å². The monoisotopic (exact) mass is 372 g/mol. The minimum atomic E-state index is -0.142. The lowest BCUT2D eigenvalue weighted by atomic mass is 10.0. The van der Waals surface area contributed by atoms with E-state index < -0.39 is 0 Å². The van der Waals surface area contributed by atoms with Crippen LogP contribution in [0, 0.1) is 11.8 Å². The molecular weight excluding hydrogens is 344 g/mol. The topological polar surface area (TPSA) is 90.5 Å². The highest BCUT2D eigenvalue weighted by Crippen LogP contribution is 2.37. The highest BCUT2D eigenvalue weighted by atomic mass is 16.2. The number of rotatable bonds is 7. The van der Waals surface area contributed by atoms with Gasteiger partial charge in [0.1, 0.15) is 0 Å². The Balaban J connectivity index is 1.31. The summed E-state index contributed by atoms with van der Waals surface area (Å²) in [6, 6.07) is 9.51. The van der Waals surface area contributed by atoms with Crippen LogP contribution in [0.1, 0.15) is 26.2 Å². The summed E-state index contributed by atoms with van der Waals surface area (Å²) in [6.45, 7) is 3.96. The molecule has 1 aliphatic heterocycles. The summed E-state index contributed by atoms with van der Waals surface area (Å²) in [7, 11) is 0. The van der Waals surface area contributed by atoms with Gasteiger partial charge in [-0.25, -0.2) is 0 Å². The molecule has 7 nitrogen and oxygen atoms in total. The number of anilines is 1. The Morgan fingerprint density at radius 3 is 2.37 bits per heavy atom. The Morgan fingerprint density at radius 1 is 1.07 bits per heavy atom. The molecule has 0 radical (unpaired) electrons. The fraction of sp³-hybridized carbons (Fsp3) is 0.550. The fourth-order valence-corrected chi connectivity index (χ4v) is 3.43. The molecule has 0 spiro atoms. The van der Waals surface area contributed by atoms with Crippen LogP contribution >= 0.6 is 0 Å². The Labute approximate surface area is 159 Å². The van der Waals surface area contributed by atoms with Crippen molar-refractivity contribution in [1.82, 2.24) is 15.5 Å². The second kappa shape index (κ2) is 8.99. The minimum absolute atomic E-state index is 0.0168. The summed E-state index contributed by atoms with van der Waals surface area (Å²) >= 11 is 0. The maximum Gasteiger partial charge on any atom is 0.239 e. The number of hydrogen-bond donors (Lipinski definition) is 3. The lowest BCUT2D eigenvalue weighted by Crippen LogP contribution is -2.48. The van der Waals surface area contributed by atoms with Gasteiger partial charge in [0.15, 0.2) is 0 Å². The SMILES string of the molecule is C[C@H]1C[C@@H]1C(=O)NCC(=O)NC1CCN(CC(=O)Nc2ccccc2)CC1. The predicted octanol–water partition coefficient (Wildman–Crippen LogP) is 0.978. The molecule has 1 aromatic carbocycles. The number of carbonyl (C=O) groups is 3. The summed E-state index contributed by atoms with van der Waals surface area (Å²) < 4.78 is 0. The largest absolute Gasteiger partial charge is 0.352 e. The van der Waals surface area contributed by atoms with Crippen LogP contribution in [0.4, 0.5) is 5.69 Å². The number of nitrogens with one attached hydrogen (secondary N) is 3. The van der Waals surface area contributed by atoms with Gasteiger partial charge in [-0.1, -0.05) is 25.1 Å². The van der Waals surface area contributed by atoms with Crippen LogP contribution in [0.2, 0.25) is 0 Å². The first kappa shape index (κ1) is 19.4. The van der Waals surface area contributed by atoms with Crippen molar-refractivity contribution in [3.05, 3.63) is 30.3 Å². The first-order chi connectivity index (χ1) is 13.0. The van der Waals surface area contributed by atoms with Crippen molar-refractivity contribution in [2.24, 2.45) is 11.8 Å². The maximum atomic E-state index is 12.1. The highest BCUT2D eigenvalue weighted by molar-refractivity contribution is 5.92. The smallest absolute Gasteiger partial charge is 0.239 e. The molecule has 0 bridgehead atoms. The molecule has 1 heterocycles. The van der Waals surface area contributed by atoms with Gasteiger partial charge in [-0.2, -0.15) is 0 Å². The predicted molar refractivity (Wildman–Crippen MR) is 103 cm³/mol. The highest BCUT2D eigenvalue weighted by Gasteiger charge is 2.39. The lowest BCUT2D eigenvalue weighted by molar-refractivity contribution is -0.127. The molecule has 1 aromatic rings. The molecular formula is C20H28N4O3. The van der Waals surface area contributed by atoms with Gasteiger partial charge in [0.2, 0.25) is 17.7 Å². The lowest BCUT2D eigenvalue weighted by Gasteiger charge is -2.31. The van der Waals surface area contributed by atoms with E-state index in [-0.39, 0.29) is 36.2 Å². The van der Waals surface area contributed by atoms with Crippen LogP contribution in [0.15, 0.2) is 30.3 Å². The summed E-state index contributed by atoms with van der Waals surface area (Å²) in [4.78, 5) is 38.0. The van der Waals surface area contributed by atoms with Gasteiger partial charge < -0.3 is 16.0 Å². The second-order valence-corrected chi connectivity index (χ2v) is 7.57. The first-order valence-corrected chi connectivity index (χ1v) is 9.65. The number of benzene rings is 1. The third kappa shape index (κ3) is 6.06. The van der Waals surface area contributed by atoms with Crippen LogP contribution in [0.5, 0.6) is 0 Å². The van der Waals surface area contributed by atoms with Crippen molar-refractivity contribution in [3.8, 4) is 0 Å². The number of nitrogens with zero attached hydrogens (tertiary/aromatic N) is 1. The molecule has 3 amide bonds. The fourth-order valence-electron chi connectivity index (χ4n) is 3.43. The van der Waals surface area contributed by atoms with E-state index >= 15 is 0 Å². The van der Waals surface area contributed by atoms with Gasteiger partial charge in [-0.05, 0) is 37.3 Å². The summed E-state index contributed by atoms with van der Waals surface area (Å²) in [5.74, 6) is 0.342. The van der Waals surface area contributed by atoms with Gasteiger partial charge in [-0.15, -0.1) is 0 Å². The Morgan fingerprint density at radius 2 is 1.74 bits per heavy atom. The van der Waals surface area contributed by atoms with Crippen molar-refractivity contribution in [1.29, 1.82) is 0 Å². The molecule has 2 fully saturated rings. The minimum Gasteiger partial charge on any atom is -0.352 e. The van der Waals surface area contributed by atoms with E-state index in [1.54, 1.807) is 0 Å². The molecule has 0 unspecified atom stereocenters. The normalized spacial score (nSPS) is 22.7. The Bertz CT molecular complexity index is 671. The number of likely N-dealkylation sites (tertiary alicyclic amines) is 1. The van der Waals surface area contributed by atoms with E-state index in [1.165, 1.54) is 0 Å². The average Bonchev–Trinajstić information content (AvgIpc) is 3.39. The molecule has 3 rings (SSSR count). The molecule has 27 heavy (non-hydrogen) atoms. The van der Waals surface area contributed by atoms with Gasteiger partial charge in [0.05, 0.1) is 13.1 Å². The molecule has 3 N–H and O–H groups in total. The molecule has 146 valence electrons. The van der Waals surface area contributed by atoms with Crippen LogP contribution in [-0.4, -0.2) is 54.8 Å². The van der Waals surface area contributed by atoms with Gasteiger partial charge in [-0.3, -0.25) is 19.3 Å². The zero-order chi connectivity index (χ0) is 19.2. The summed E-state index contributed by atoms with van der Waals surface area (Å²) in [5, 5.41) is 8.57. The van der Waals surface area contributed by atoms with Crippen molar-refractivity contribution in [3.63, 3.8) is 0 Å². The van der Waals surface area contributed by atoms with Crippen molar-refractivity contribution >= 4 is 23.4 Å². The second-order valence-electron chi connectivity index (χ2n) is 7.57. The van der Waals surface area contributed by atoms with Gasteiger partial charge in [0.25, 0.3) is 0 Å². The van der Waals surface area contributed by atoms with Gasteiger partial charge >= 0.3 is 0 Å². The molecule has 1 saturated carbocycles. The van der Waals surface area contributed by atoms with Crippen LogP contribution in [0.3, 0.4) is 0 Å². The van der Waals surface area contributed by atoms with Gasteiger partial charge in [0, 0.05) is 30.7 Å². The average molecular weight is 372 g/mol. The number of piperidine rings is 1. The van der Waals surface area contributed by atoms with E-state index in [9.17, 15) is 14.4 Å². The van der Waals surface area contributed by atoms with E-state index in [0.717, 1.165) is 38.0 Å².